The van der Waals surface area contributed by atoms with Gasteiger partial charge in [-0.3, -0.25) is 9.59 Å². The highest BCUT2D eigenvalue weighted by Gasteiger charge is 2.27. The number of carboxylic acids is 1. The minimum absolute atomic E-state index is 0.217. The number of hydrogen-bond acceptors (Lipinski definition) is 2. The third kappa shape index (κ3) is 4.02. The molecule has 0 saturated heterocycles. The van der Waals surface area contributed by atoms with Gasteiger partial charge in [0.2, 0.25) is 5.91 Å². The van der Waals surface area contributed by atoms with E-state index in [0.717, 1.165) is 32.2 Å². The number of aliphatic carboxylic acids is 1. The summed E-state index contributed by atoms with van der Waals surface area (Å²) in [5.74, 6) is -0.182. The molecule has 17 heavy (non-hydrogen) atoms. The van der Waals surface area contributed by atoms with Crippen LogP contribution in [0.15, 0.2) is 0 Å². The average Bonchev–Trinajstić information content (AvgIpc) is 2.31. The topological polar surface area (TPSA) is 57.6 Å². The van der Waals surface area contributed by atoms with E-state index in [0.29, 0.717) is 18.4 Å². The molecule has 1 rings (SSSR count). The summed E-state index contributed by atoms with van der Waals surface area (Å²) in [5, 5.41) is 8.75. The molecule has 1 aliphatic rings. The summed E-state index contributed by atoms with van der Waals surface area (Å²) in [6.45, 7) is 4.67. The van der Waals surface area contributed by atoms with E-state index in [2.05, 4.69) is 0 Å². The highest BCUT2D eigenvalue weighted by Crippen LogP contribution is 2.29. The Hall–Kier alpha value is -1.06. The van der Waals surface area contributed by atoms with Crippen LogP contribution in [0.5, 0.6) is 0 Å². The zero-order chi connectivity index (χ0) is 12.8. The van der Waals surface area contributed by atoms with Crippen molar-refractivity contribution >= 4 is 11.9 Å². The molecule has 4 nitrogen and oxygen atoms in total. The lowest BCUT2D eigenvalue weighted by atomic mass is 9.83. The summed E-state index contributed by atoms with van der Waals surface area (Å²) < 4.78 is 0. The maximum absolute atomic E-state index is 11.7. The Morgan fingerprint density at radius 3 is 2.18 bits per heavy atom. The van der Waals surface area contributed by atoms with Crippen molar-refractivity contribution in [1.82, 2.24) is 4.90 Å². The third-order valence-corrected chi connectivity index (χ3v) is 3.68. The van der Waals surface area contributed by atoms with Crippen LogP contribution in [-0.4, -0.2) is 34.5 Å². The van der Waals surface area contributed by atoms with Gasteiger partial charge in [-0.05, 0) is 38.5 Å². The molecule has 1 fully saturated rings. The van der Waals surface area contributed by atoms with Crippen LogP contribution in [-0.2, 0) is 9.59 Å². The van der Waals surface area contributed by atoms with Crippen molar-refractivity contribution < 1.29 is 14.7 Å². The second-order valence-electron chi connectivity index (χ2n) is 4.81. The highest BCUT2D eigenvalue weighted by molar-refractivity contribution is 5.76. The largest absolute Gasteiger partial charge is 0.481 e. The van der Waals surface area contributed by atoms with E-state index in [1.165, 1.54) is 0 Å². The molecule has 0 heterocycles. The van der Waals surface area contributed by atoms with Crippen molar-refractivity contribution in [3.8, 4) is 0 Å². The Labute approximate surface area is 103 Å². The van der Waals surface area contributed by atoms with E-state index < -0.39 is 5.97 Å². The molecule has 1 saturated carbocycles. The summed E-state index contributed by atoms with van der Waals surface area (Å²) in [6, 6.07) is 0.331. The highest BCUT2D eigenvalue weighted by atomic mass is 16.4. The van der Waals surface area contributed by atoms with Gasteiger partial charge in [-0.1, -0.05) is 6.92 Å². The van der Waals surface area contributed by atoms with E-state index in [9.17, 15) is 9.59 Å². The van der Waals surface area contributed by atoms with Gasteiger partial charge in [0.15, 0.2) is 0 Å². The van der Waals surface area contributed by atoms with Gasteiger partial charge in [-0.2, -0.15) is 0 Å². The fraction of sp³-hybridized carbons (Fsp3) is 0.846. The van der Waals surface area contributed by atoms with Crippen molar-refractivity contribution in [3.63, 3.8) is 0 Å². The molecular formula is C13H23NO3. The van der Waals surface area contributed by atoms with Gasteiger partial charge in [0.05, 0.1) is 0 Å². The van der Waals surface area contributed by atoms with Gasteiger partial charge in [0, 0.05) is 25.4 Å². The Morgan fingerprint density at radius 2 is 1.76 bits per heavy atom. The first-order valence-corrected chi connectivity index (χ1v) is 6.59. The number of rotatable bonds is 5. The monoisotopic (exact) mass is 241 g/mol. The fourth-order valence-corrected chi connectivity index (χ4v) is 2.75. The molecule has 1 N–H and O–H groups in total. The Kier molecular flexibility index (Phi) is 5.45. The molecule has 4 heteroatoms. The van der Waals surface area contributed by atoms with Crippen LogP contribution in [0.4, 0.5) is 0 Å². The van der Waals surface area contributed by atoms with Crippen molar-refractivity contribution in [2.75, 3.05) is 6.54 Å². The minimum atomic E-state index is -0.703. The molecule has 1 amide bonds. The molecule has 0 bridgehead atoms. The standard InChI is InChI=1S/C13H23NO3/c1-3-12(15)14(4-2)11-7-5-10(6-8-11)9-13(16)17/h10-11H,3-9H2,1-2H3,(H,16,17)/t10-,11-. The van der Waals surface area contributed by atoms with Crippen molar-refractivity contribution in [2.24, 2.45) is 5.92 Å². The number of nitrogens with zero attached hydrogens (tertiary/aromatic N) is 1. The van der Waals surface area contributed by atoms with Crippen molar-refractivity contribution in [3.05, 3.63) is 0 Å². The van der Waals surface area contributed by atoms with Crippen LogP contribution in [0, 0.1) is 5.92 Å². The van der Waals surface area contributed by atoms with E-state index >= 15 is 0 Å². The smallest absolute Gasteiger partial charge is 0.303 e. The van der Waals surface area contributed by atoms with Gasteiger partial charge in [-0.15, -0.1) is 0 Å². The first-order valence-electron chi connectivity index (χ1n) is 6.59. The summed E-state index contributed by atoms with van der Waals surface area (Å²) >= 11 is 0. The quantitative estimate of drug-likeness (QED) is 0.803. The fourth-order valence-electron chi connectivity index (χ4n) is 2.75. The van der Waals surface area contributed by atoms with Gasteiger partial charge in [-0.25, -0.2) is 0 Å². The van der Waals surface area contributed by atoms with Gasteiger partial charge >= 0.3 is 5.97 Å². The SMILES string of the molecule is CCC(=O)N(CC)[C@H]1CC[C@H](CC(=O)O)CC1. The first kappa shape index (κ1) is 14.0. The van der Waals surface area contributed by atoms with Crippen molar-refractivity contribution in [1.29, 1.82) is 0 Å². The van der Waals surface area contributed by atoms with Crippen LogP contribution >= 0.6 is 0 Å². The molecule has 0 atom stereocenters. The van der Waals surface area contributed by atoms with Crippen LogP contribution in [0.1, 0.15) is 52.4 Å². The second kappa shape index (κ2) is 6.62. The lowest BCUT2D eigenvalue weighted by molar-refractivity contribution is -0.139. The van der Waals surface area contributed by atoms with Gasteiger partial charge in [0.25, 0.3) is 0 Å². The van der Waals surface area contributed by atoms with E-state index in [1.807, 2.05) is 18.7 Å². The van der Waals surface area contributed by atoms with Crippen LogP contribution in [0.25, 0.3) is 0 Å². The van der Waals surface area contributed by atoms with E-state index in [-0.39, 0.29) is 12.3 Å². The molecule has 0 radical (unpaired) electrons. The Bertz CT molecular complexity index is 270. The molecule has 0 aromatic rings. The summed E-state index contributed by atoms with van der Waals surface area (Å²) in [6.07, 6.45) is 4.62. The zero-order valence-electron chi connectivity index (χ0n) is 10.8. The van der Waals surface area contributed by atoms with Gasteiger partial charge in [0.1, 0.15) is 0 Å². The number of carbonyl (C=O) groups is 2. The lowest BCUT2D eigenvalue weighted by Gasteiger charge is -2.36. The predicted octanol–water partition coefficient (Wildman–Crippen LogP) is 2.28. The summed E-state index contributed by atoms with van der Waals surface area (Å²) in [5.41, 5.74) is 0. The van der Waals surface area contributed by atoms with E-state index in [1.54, 1.807) is 0 Å². The predicted molar refractivity (Wildman–Crippen MR) is 65.7 cm³/mol. The lowest BCUT2D eigenvalue weighted by Crippen LogP contribution is -2.42. The summed E-state index contributed by atoms with van der Waals surface area (Å²) in [4.78, 5) is 24.3. The third-order valence-electron chi connectivity index (χ3n) is 3.68. The number of carbonyl (C=O) groups excluding carboxylic acids is 1. The number of hydrogen-bond donors (Lipinski definition) is 1. The van der Waals surface area contributed by atoms with E-state index in [4.69, 9.17) is 5.11 Å². The van der Waals surface area contributed by atoms with Crippen LogP contribution in [0.3, 0.4) is 0 Å². The van der Waals surface area contributed by atoms with Crippen LogP contribution in [0.2, 0.25) is 0 Å². The normalized spacial score (nSPS) is 24.4. The minimum Gasteiger partial charge on any atom is -0.481 e. The van der Waals surface area contributed by atoms with Crippen molar-refractivity contribution in [2.45, 2.75) is 58.4 Å². The second-order valence-corrected chi connectivity index (χ2v) is 4.81. The molecule has 0 aliphatic heterocycles. The zero-order valence-corrected chi connectivity index (χ0v) is 10.8. The molecular weight excluding hydrogens is 218 g/mol. The maximum Gasteiger partial charge on any atom is 0.303 e. The Morgan fingerprint density at radius 1 is 1.18 bits per heavy atom. The molecule has 0 aromatic heterocycles. The van der Waals surface area contributed by atoms with Gasteiger partial charge < -0.3 is 10.0 Å². The first-order chi connectivity index (χ1) is 8.08. The molecule has 0 unspecified atom stereocenters. The molecule has 98 valence electrons. The number of carboxylic acid groups (broad SMARTS) is 1. The number of amides is 1. The molecule has 0 spiro atoms. The summed E-state index contributed by atoms with van der Waals surface area (Å²) in [7, 11) is 0. The maximum atomic E-state index is 11.7. The molecule has 1 aliphatic carbocycles. The average molecular weight is 241 g/mol. The Balaban J connectivity index is 2.44. The molecule has 0 aromatic carbocycles. The van der Waals surface area contributed by atoms with Crippen LogP contribution < -0.4 is 0 Å².